The molecule has 1 aromatic carbocycles. The molecule has 1 fully saturated rings. The molecule has 21 heavy (non-hydrogen) atoms. The van der Waals surface area contributed by atoms with Crippen molar-refractivity contribution in [3.05, 3.63) is 28.8 Å². The van der Waals surface area contributed by atoms with Gasteiger partial charge in [0.15, 0.2) is 0 Å². The zero-order valence-electron chi connectivity index (χ0n) is 12.0. The molecule has 0 bridgehead atoms. The van der Waals surface area contributed by atoms with Gasteiger partial charge in [-0.15, -0.1) is 0 Å². The number of nitrogens with zero attached hydrogens (tertiary/aromatic N) is 1. The smallest absolute Gasteiger partial charge is 0.240 e. The minimum atomic E-state index is -3.49. The Labute approximate surface area is 131 Å². The normalized spacial score (nSPS) is 16.5. The maximum atomic E-state index is 12.2. The fourth-order valence-electron chi connectivity index (χ4n) is 2.47. The molecule has 1 aliphatic rings. The van der Waals surface area contributed by atoms with Crippen LogP contribution in [0, 0.1) is 0 Å². The summed E-state index contributed by atoms with van der Waals surface area (Å²) in [5, 5.41) is 0.491. The van der Waals surface area contributed by atoms with Gasteiger partial charge in [-0.05, 0) is 62.7 Å². The van der Waals surface area contributed by atoms with Crippen LogP contribution in [-0.4, -0.2) is 39.5 Å². The molecule has 1 saturated heterocycles. The van der Waals surface area contributed by atoms with Gasteiger partial charge in [0, 0.05) is 18.1 Å². The lowest BCUT2D eigenvalue weighted by Crippen LogP contribution is -2.28. The van der Waals surface area contributed by atoms with Crippen LogP contribution in [-0.2, 0) is 16.6 Å². The Kier molecular flexibility index (Phi) is 6.01. The van der Waals surface area contributed by atoms with Gasteiger partial charge in [-0.2, -0.15) is 0 Å². The molecule has 0 spiro atoms. The van der Waals surface area contributed by atoms with E-state index in [4.69, 9.17) is 17.3 Å². The van der Waals surface area contributed by atoms with E-state index in [-0.39, 0.29) is 11.4 Å². The highest BCUT2D eigenvalue weighted by molar-refractivity contribution is 7.89. The first-order chi connectivity index (χ1) is 10.0. The Balaban J connectivity index is 1.88. The number of halogens is 1. The van der Waals surface area contributed by atoms with E-state index in [2.05, 4.69) is 9.62 Å². The van der Waals surface area contributed by atoms with Crippen LogP contribution in [0.25, 0.3) is 0 Å². The molecule has 0 aliphatic carbocycles. The van der Waals surface area contributed by atoms with E-state index in [1.165, 1.54) is 25.0 Å². The average molecular weight is 332 g/mol. The quantitative estimate of drug-likeness (QED) is 0.744. The third-order valence-corrected chi connectivity index (χ3v) is 5.52. The van der Waals surface area contributed by atoms with Gasteiger partial charge in [0.2, 0.25) is 10.0 Å². The molecule has 1 aliphatic heterocycles. The van der Waals surface area contributed by atoms with Crippen molar-refractivity contribution in [1.82, 2.24) is 9.62 Å². The van der Waals surface area contributed by atoms with Crippen LogP contribution in [0.5, 0.6) is 0 Å². The van der Waals surface area contributed by atoms with Crippen molar-refractivity contribution in [2.24, 2.45) is 5.73 Å². The summed E-state index contributed by atoms with van der Waals surface area (Å²) >= 11 is 5.95. The van der Waals surface area contributed by atoms with Crippen molar-refractivity contribution in [2.45, 2.75) is 30.7 Å². The van der Waals surface area contributed by atoms with Gasteiger partial charge < -0.3 is 10.6 Å². The molecule has 0 amide bonds. The second kappa shape index (κ2) is 7.56. The van der Waals surface area contributed by atoms with Crippen molar-refractivity contribution in [3.8, 4) is 0 Å². The van der Waals surface area contributed by atoms with E-state index in [9.17, 15) is 8.42 Å². The molecule has 118 valence electrons. The van der Waals surface area contributed by atoms with Gasteiger partial charge in [-0.25, -0.2) is 13.1 Å². The second-order valence-corrected chi connectivity index (χ2v) is 7.43. The monoisotopic (exact) mass is 331 g/mol. The summed E-state index contributed by atoms with van der Waals surface area (Å²) in [5.41, 5.74) is 6.18. The van der Waals surface area contributed by atoms with E-state index >= 15 is 0 Å². The van der Waals surface area contributed by atoms with Crippen molar-refractivity contribution in [2.75, 3.05) is 26.2 Å². The molecule has 5 nitrogen and oxygen atoms in total. The Bertz CT molecular complexity index is 572. The number of hydrogen-bond donors (Lipinski definition) is 2. The predicted molar refractivity (Wildman–Crippen MR) is 84.8 cm³/mol. The number of nitrogens with two attached hydrogens (primary N) is 1. The lowest BCUT2D eigenvalue weighted by Gasteiger charge is -2.14. The molecule has 7 heteroatoms. The van der Waals surface area contributed by atoms with E-state index < -0.39 is 10.0 Å². The van der Waals surface area contributed by atoms with Crippen LogP contribution in [0.3, 0.4) is 0 Å². The van der Waals surface area contributed by atoms with Gasteiger partial charge in [0.1, 0.15) is 0 Å². The zero-order valence-corrected chi connectivity index (χ0v) is 13.6. The molecule has 0 saturated carbocycles. The third-order valence-electron chi connectivity index (χ3n) is 3.69. The van der Waals surface area contributed by atoms with Crippen LogP contribution < -0.4 is 10.5 Å². The highest BCUT2D eigenvalue weighted by Gasteiger charge is 2.16. The summed E-state index contributed by atoms with van der Waals surface area (Å²) < 4.78 is 27.0. The van der Waals surface area contributed by atoms with E-state index in [1.54, 1.807) is 6.07 Å². The number of rotatable bonds is 7. The van der Waals surface area contributed by atoms with Crippen LogP contribution in [0.2, 0.25) is 5.02 Å². The summed E-state index contributed by atoms with van der Waals surface area (Å²) in [5.74, 6) is 0. The maximum Gasteiger partial charge on any atom is 0.240 e. The summed E-state index contributed by atoms with van der Waals surface area (Å²) in [6.45, 7) is 3.86. The third kappa shape index (κ3) is 4.66. The Morgan fingerprint density at radius 2 is 2.00 bits per heavy atom. The van der Waals surface area contributed by atoms with Gasteiger partial charge in [0.05, 0.1) is 4.90 Å². The van der Waals surface area contributed by atoms with E-state index in [1.807, 2.05) is 0 Å². The summed E-state index contributed by atoms with van der Waals surface area (Å²) in [6, 6.07) is 4.61. The minimum Gasteiger partial charge on any atom is -0.326 e. The zero-order chi connectivity index (χ0) is 15.3. The first-order valence-corrected chi connectivity index (χ1v) is 9.09. The molecule has 1 heterocycles. The second-order valence-electron chi connectivity index (χ2n) is 5.26. The van der Waals surface area contributed by atoms with E-state index in [0.29, 0.717) is 17.1 Å². The molecule has 0 aromatic heterocycles. The number of likely N-dealkylation sites (tertiary alicyclic amines) is 1. The molecular formula is C14H22ClN3O2S. The fourth-order valence-corrected chi connectivity index (χ4v) is 3.79. The van der Waals surface area contributed by atoms with Gasteiger partial charge in [0.25, 0.3) is 0 Å². The number of hydrogen-bond acceptors (Lipinski definition) is 4. The SMILES string of the molecule is NCc1cc(S(=O)(=O)NCCCN2CCCC2)ccc1Cl. The summed E-state index contributed by atoms with van der Waals surface area (Å²) in [6.07, 6.45) is 3.31. The van der Waals surface area contributed by atoms with E-state index in [0.717, 1.165) is 26.1 Å². The summed E-state index contributed by atoms with van der Waals surface area (Å²) in [4.78, 5) is 2.58. The van der Waals surface area contributed by atoms with Gasteiger partial charge in [-0.1, -0.05) is 11.6 Å². The Morgan fingerprint density at radius 3 is 2.67 bits per heavy atom. The summed E-state index contributed by atoms with van der Waals surface area (Å²) in [7, 11) is -3.49. The van der Waals surface area contributed by atoms with Crippen molar-refractivity contribution in [1.29, 1.82) is 0 Å². The number of nitrogens with one attached hydrogen (secondary N) is 1. The van der Waals surface area contributed by atoms with Gasteiger partial charge in [-0.3, -0.25) is 0 Å². The lowest BCUT2D eigenvalue weighted by atomic mass is 10.2. The topological polar surface area (TPSA) is 75.4 Å². The predicted octanol–water partition coefficient (Wildman–Crippen LogP) is 1.56. The fraction of sp³-hybridized carbons (Fsp3) is 0.571. The molecule has 2 rings (SSSR count). The molecule has 0 atom stereocenters. The molecule has 3 N–H and O–H groups in total. The van der Waals surface area contributed by atoms with Crippen molar-refractivity contribution in [3.63, 3.8) is 0 Å². The Hall–Kier alpha value is -0.660. The Morgan fingerprint density at radius 1 is 1.29 bits per heavy atom. The van der Waals surface area contributed by atoms with Crippen LogP contribution in [0.4, 0.5) is 0 Å². The van der Waals surface area contributed by atoms with Crippen LogP contribution in [0.15, 0.2) is 23.1 Å². The molecule has 0 unspecified atom stereocenters. The first kappa shape index (κ1) is 16.7. The molecular weight excluding hydrogens is 310 g/mol. The lowest BCUT2D eigenvalue weighted by molar-refractivity contribution is 0.334. The standard InChI is InChI=1S/C14H22ClN3O2S/c15-14-5-4-13(10-12(14)11-16)21(19,20)17-6-3-9-18-7-1-2-8-18/h4-5,10,17H,1-3,6-9,11,16H2. The number of sulfonamides is 1. The maximum absolute atomic E-state index is 12.2. The number of benzene rings is 1. The van der Waals surface area contributed by atoms with Crippen LogP contribution in [0.1, 0.15) is 24.8 Å². The first-order valence-electron chi connectivity index (χ1n) is 7.23. The van der Waals surface area contributed by atoms with Crippen LogP contribution >= 0.6 is 11.6 Å². The van der Waals surface area contributed by atoms with Crippen molar-refractivity contribution < 1.29 is 8.42 Å². The van der Waals surface area contributed by atoms with Crippen molar-refractivity contribution >= 4 is 21.6 Å². The highest BCUT2D eigenvalue weighted by Crippen LogP contribution is 2.20. The van der Waals surface area contributed by atoms with Gasteiger partial charge >= 0.3 is 0 Å². The molecule has 1 aromatic rings. The highest BCUT2D eigenvalue weighted by atomic mass is 35.5. The largest absolute Gasteiger partial charge is 0.326 e. The minimum absolute atomic E-state index is 0.216. The molecule has 0 radical (unpaired) electrons. The average Bonchev–Trinajstić information content (AvgIpc) is 2.97.